The fourth-order valence-corrected chi connectivity index (χ4v) is 2.91. The van der Waals surface area contributed by atoms with Gasteiger partial charge in [0.1, 0.15) is 11.7 Å². The number of rotatable bonds is 7. The van der Waals surface area contributed by atoms with Gasteiger partial charge in [-0.2, -0.15) is 26.3 Å². The SMILES string of the molecule is Fc1ccc(COC[C@H](c2ccc(C(F)(F)F)cc2)C(F)(F)F)cc1Oc1ccccc1. The molecule has 0 amide bonds. The van der Waals surface area contributed by atoms with Crippen molar-refractivity contribution >= 4 is 0 Å². The molecule has 1 atom stereocenters. The normalized spacial score (nSPS) is 13.1. The molecule has 9 heteroatoms. The first-order valence-corrected chi connectivity index (χ1v) is 9.37. The highest BCUT2D eigenvalue weighted by Crippen LogP contribution is 2.37. The third kappa shape index (κ3) is 6.23. The Labute approximate surface area is 179 Å². The molecule has 0 N–H and O–H groups in total. The van der Waals surface area contributed by atoms with Gasteiger partial charge in [-0.1, -0.05) is 36.4 Å². The van der Waals surface area contributed by atoms with E-state index in [1.807, 2.05) is 0 Å². The second kappa shape index (κ2) is 9.60. The molecule has 0 aliphatic rings. The van der Waals surface area contributed by atoms with Crippen LogP contribution in [0.1, 0.15) is 22.6 Å². The Bertz CT molecular complexity index is 1010. The minimum atomic E-state index is -4.73. The van der Waals surface area contributed by atoms with Crippen LogP contribution in [0.2, 0.25) is 0 Å². The maximum Gasteiger partial charge on any atom is 0.416 e. The predicted molar refractivity (Wildman–Crippen MR) is 103 cm³/mol. The molecule has 0 spiro atoms. The van der Waals surface area contributed by atoms with Crippen molar-refractivity contribution < 1.29 is 40.2 Å². The van der Waals surface area contributed by atoms with Crippen LogP contribution >= 0.6 is 0 Å². The summed E-state index contributed by atoms with van der Waals surface area (Å²) in [5.74, 6) is -2.52. The molecule has 0 saturated heterocycles. The molecule has 0 saturated carbocycles. The largest absolute Gasteiger partial charge is 0.454 e. The van der Waals surface area contributed by atoms with Crippen LogP contribution < -0.4 is 4.74 Å². The van der Waals surface area contributed by atoms with E-state index in [2.05, 4.69) is 0 Å². The van der Waals surface area contributed by atoms with E-state index >= 15 is 0 Å². The van der Waals surface area contributed by atoms with Gasteiger partial charge in [0, 0.05) is 0 Å². The molecule has 3 aromatic carbocycles. The number of hydrogen-bond donors (Lipinski definition) is 0. The average molecular weight is 458 g/mol. The fraction of sp³-hybridized carbons (Fsp3) is 0.217. The van der Waals surface area contributed by atoms with Crippen molar-refractivity contribution in [2.75, 3.05) is 6.61 Å². The first-order chi connectivity index (χ1) is 15.0. The maximum atomic E-state index is 14.0. The van der Waals surface area contributed by atoms with Crippen molar-refractivity contribution in [2.45, 2.75) is 24.9 Å². The minimum absolute atomic E-state index is 0.118. The van der Waals surface area contributed by atoms with Gasteiger partial charge in [-0.05, 0) is 47.5 Å². The molecule has 0 bridgehead atoms. The van der Waals surface area contributed by atoms with E-state index in [4.69, 9.17) is 9.47 Å². The number of alkyl halides is 6. The Kier molecular flexibility index (Phi) is 7.08. The summed E-state index contributed by atoms with van der Waals surface area (Å²) in [6, 6.07) is 14.9. The van der Waals surface area contributed by atoms with E-state index in [1.165, 1.54) is 12.1 Å². The van der Waals surface area contributed by atoms with Gasteiger partial charge in [-0.15, -0.1) is 0 Å². The van der Waals surface area contributed by atoms with Crippen molar-refractivity contribution in [1.29, 1.82) is 0 Å². The molecule has 0 radical (unpaired) electrons. The summed E-state index contributed by atoms with van der Waals surface area (Å²) in [7, 11) is 0. The Hall–Kier alpha value is -3.07. The van der Waals surface area contributed by atoms with Gasteiger partial charge in [0.25, 0.3) is 0 Å². The third-order valence-electron chi connectivity index (χ3n) is 4.56. The molecule has 2 nitrogen and oxygen atoms in total. The van der Waals surface area contributed by atoms with Crippen LogP contribution in [0, 0.1) is 5.82 Å². The Morgan fingerprint density at radius 3 is 2.03 bits per heavy atom. The van der Waals surface area contributed by atoms with Crippen molar-refractivity contribution in [3.05, 3.63) is 95.3 Å². The molecule has 0 unspecified atom stereocenters. The van der Waals surface area contributed by atoms with E-state index in [9.17, 15) is 30.7 Å². The monoisotopic (exact) mass is 458 g/mol. The van der Waals surface area contributed by atoms with Crippen molar-refractivity contribution in [3.8, 4) is 11.5 Å². The van der Waals surface area contributed by atoms with Crippen molar-refractivity contribution in [1.82, 2.24) is 0 Å². The molecule has 0 fully saturated rings. The lowest BCUT2D eigenvalue weighted by molar-refractivity contribution is -0.163. The van der Waals surface area contributed by atoms with E-state index in [0.29, 0.717) is 23.4 Å². The van der Waals surface area contributed by atoms with Crippen LogP contribution in [-0.4, -0.2) is 12.8 Å². The standard InChI is InChI=1S/C23H17F7O2/c24-20-11-6-15(12-21(20)32-18-4-2-1-3-5-18)13-31-14-19(23(28,29)30)16-7-9-17(10-8-16)22(25,26)27/h1-12,19H,13-14H2/t19-/m1/s1. The van der Waals surface area contributed by atoms with E-state index in [1.54, 1.807) is 30.3 Å². The summed E-state index contributed by atoms with van der Waals surface area (Å²) in [6.07, 6.45) is -9.38. The van der Waals surface area contributed by atoms with Gasteiger partial charge in [0.05, 0.1) is 18.8 Å². The van der Waals surface area contributed by atoms with Gasteiger partial charge < -0.3 is 9.47 Å². The van der Waals surface area contributed by atoms with Crippen molar-refractivity contribution in [3.63, 3.8) is 0 Å². The second-order valence-electron chi connectivity index (χ2n) is 6.91. The average Bonchev–Trinajstić information content (AvgIpc) is 2.73. The fourth-order valence-electron chi connectivity index (χ4n) is 2.91. The number of ether oxygens (including phenoxy) is 2. The third-order valence-corrected chi connectivity index (χ3v) is 4.56. The van der Waals surface area contributed by atoms with Gasteiger partial charge in [-0.3, -0.25) is 0 Å². The van der Waals surface area contributed by atoms with Crippen LogP contribution in [0.15, 0.2) is 72.8 Å². The first-order valence-electron chi connectivity index (χ1n) is 9.37. The summed E-state index contributed by atoms with van der Waals surface area (Å²) in [5, 5.41) is 0. The molecule has 32 heavy (non-hydrogen) atoms. The highest BCUT2D eigenvalue weighted by Gasteiger charge is 2.41. The highest BCUT2D eigenvalue weighted by atomic mass is 19.4. The number of benzene rings is 3. The maximum absolute atomic E-state index is 14.0. The molecule has 0 aliphatic heterocycles. The van der Waals surface area contributed by atoms with Gasteiger partial charge in [0.2, 0.25) is 0 Å². The minimum Gasteiger partial charge on any atom is -0.454 e. The van der Waals surface area contributed by atoms with Crippen LogP contribution in [0.5, 0.6) is 11.5 Å². The van der Waals surface area contributed by atoms with Gasteiger partial charge >= 0.3 is 12.4 Å². The van der Waals surface area contributed by atoms with Gasteiger partial charge in [0.15, 0.2) is 11.6 Å². The molecular formula is C23H17F7O2. The topological polar surface area (TPSA) is 18.5 Å². The summed E-state index contributed by atoms with van der Waals surface area (Å²) in [6.45, 7) is -1.10. The molecule has 3 aromatic rings. The Balaban J connectivity index is 1.68. The van der Waals surface area contributed by atoms with E-state index in [-0.39, 0.29) is 17.9 Å². The van der Waals surface area contributed by atoms with E-state index in [0.717, 1.165) is 18.2 Å². The summed E-state index contributed by atoms with van der Waals surface area (Å²) < 4.78 is 103. The van der Waals surface area contributed by atoms with Crippen LogP contribution in [0.25, 0.3) is 0 Å². The zero-order chi connectivity index (χ0) is 23.4. The Morgan fingerprint density at radius 2 is 1.44 bits per heavy atom. The molecule has 170 valence electrons. The zero-order valence-electron chi connectivity index (χ0n) is 16.4. The van der Waals surface area contributed by atoms with Crippen molar-refractivity contribution in [2.24, 2.45) is 0 Å². The molecule has 0 aromatic heterocycles. The molecular weight excluding hydrogens is 441 g/mol. The lowest BCUT2D eigenvalue weighted by Crippen LogP contribution is -2.25. The summed E-state index contributed by atoms with van der Waals surface area (Å²) in [5.41, 5.74) is -1.02. The summed E-state index contributed by atoms with van der Waals surface area (Å²) in [4.78, 5) is 0. The number of halogens is 7. The van der Waals surface area contributed by atoms with E-state index < -0.39 is 36.3 Å². The number of para-hydroxylation sites is 1. The lowest BCUT2D eigenvalue weighted by atomic mass is 9.98. The summed E-state index contributed by atoms with van der Waals surface area (Å²) >= 11 is 0. The second-order valence-corrected chi connectivity index (χ2v) is 6.91. The molecule has 0 aliphatic carbocycles. The molecule has 0 heterocycles. The predicted octanol–water partition coefficient (Wildman–Crippen LogP) is 7.50. The lowest BCUT2D eigenvalue weighted by Gasteiger charge is -2.21. The smallest absolute Gasteiger partial charge is 0.416 e. The van der Waals surface area contributed by atoms with Crippen LogP contribution in [0.4, 0.5) is 30.7 Å². The van der Waals surface area contributed by atoms with Crippen LogP contribution in [0.3, 0.4) is 0 Å². The van der Waals surface area contributed by atoms with Crippen LogP contribution in [-0.2, 0) is 17.5 Å². The highest BCUT2D eigenvalue weighted by molar-refractivity contribution is 5.35. The van der Waals surface area contributed by atoms with Gasteiger partial charge in [-0.25, -0.2) is 4.39 Å². The number of hydrogen-bond acceptors (Lipinski definition) is 2. The zero-order valence-corrected chi connectivity index (χ0v) is 16.4. The Morgan fingerprint density at radius 1 is 0.781 bits per heavy atom. The quantitative estimate of drug-likeness (QED) is 0.342. The first kappa shape index (κ1) is 23.6. The molecule has 3 rings (SSSR count).